The number of rotatable bonds is 2. The summed E-state index contributed by atoms with van der Waals surface area (Å²) >= 11 is 1.52. The van der Waals surface area contributed by atoms with Gasteiger partial charge in [-0.3, -0.25) is 0 Å². The number of fused-ring (bicyclic) bond motifs is 1. The van der Waals surface area contributed by atoms with Crippen molar-refractivity contribution >= 4 is 27.1 Å². The number of benzene rings is 2. The highest BCUT2D eigenvalue weighted by Gasteiger charge is 2.13. The van der Waals surface area contributed by atoms with Gasteiger partial charge in [-0.25, -0.2) is 4.98 Å². The van der Waals surface area contributed by atoms with Crippen molar-refractivity contribution in [1.82, 2.24) is 4.98 Å². The molecule has 2 aromatic carbocycles. The minimum atomic E-state index is 0.757. The average Bonchev–Trinajstić information content (AvgIpc) is 2.76. The summed E-state index contributed by atoms with van der Waals surface area (Å²) in [4.78, 5) is 4.54. The second kappa shape index (κ2) is 4.55. The lowest BCUT2D eigenvalue weighted by molar-refractivity contribution is 0.420. The van der Waals surface area contributed by atoms with Crippen molar-refractivity contribution in [2.75, 3.05) is 12.8 Å². The highest BCUT2D eigenvalue weighted by molar-refractivity contribution is 7.16. The SMILES string of the molecule is COc1ccc(-c2nc(C)sc2N)c2ccccc12. The Morgan fingerprint density at radius 3 is 2.47 bits per heavy atom. The van der Waals surface area contributed by atoms with Crippen molar-refractivity contribution in [3.63, 3.8) is 0 Å². The van der Waals surface area contributed by atoms with Gasteiger partial charge in [0.05, 0.1) is 12.1 Å². The maximum absolute atomic E-state index is 6.06. The van der Waals surface area contributed by atoms with Crippen LogP contribution in [-0.2, 0) is 0 Å². The van der Waals surface area contributed by atoms with E-state index in [4.69, 9.17) is 10.5 Å². The standard InChI is InChI=1S/C15H14N2OS/c1-9-17-14(15(16)19-9)12-7-8-13(18-2)11-6-4-3-5-10(11)12/h3-8H,16H2,1-2H3. The normalized spacial score (nSPS) is 10.8. The zero-order chi connectivity index (χ0) is 13.4. The van der Waals surface area contributed by atoms with Gasteiger partial charge >= 0.3 is 0 Å². The summed E-state index contributed by atoms with van der Waals surface area (Å²) in [5.41, 5.74) is 7.98. The smallest absolute Gasteiger partial charge is 0.126 e. The van der Waals surface area contributed by atoms with Gasteiger partial charge < -0.3 is 10.5 Å². The zero-order valence-electron chi connectivity index (χ0n) is 10.8. The summed E-state index contributed by atoms with van der Waals surface area (Å²) in [6.07, 6.45) is 0. The molecule has 0 amide bonds. The maximum Gasteiger partial charge on any atom is 0.126 e. The fourth-order valence-electron chi connectivity index (χ4n) is 2.29. The predicted molar refractivity (Wildman–Crippen MR) is 80.8 cm³/mol. The Morgan fingerprint density at radius 2 is 1.84 bits per heavy atom. The Hall–Kier alpha value is -2.07. The number of anilines is 1. The topological polar surface area (TPSA) is 48.1 Å². The quantitative estimate of drug-likeness (QED) is 0.769. The molecule has 0 saturated carbocycles. The second-order valence-corrected chi connectivity index (χ2v) is 5.54. The Bertz CT molecular complexity index is 749. The van der Waals surface area contributed by atoms with E-state index in [9.17, 15) is 0 Å². The fourth-order valence-corrected chi connectivity index (χ4v) is 3.00. The summed E-state index contributed by atoms with van der Waals surface area (Å²) in [6, 6.07) is 12.1. The Balaban J connectivity index is 2.34. The number of nitrogens with zero attached hydrogens (tertiary/aromatic N) is 1. The van der Waals surface area contributed by atoms with Crippen molar-refractivity contribution in [2.45, 2.75) is 6.92 Å². The van der Waals surface area contributed by atoms with Crippen LogP contribution in [0, 0.1) is 6.92 Å². The first-order chi connectivity index (χ1) is 9.20. The Kier molecular flexibility index (Phi) is 2.87. The molecule has 0 radical (unpaired) electrons. The average molecular weight is 270 g/mol. The van der Waals surface area contributed by atoms with Gasteiger partial charge in [0.25, 0.3) is 0 Å². The number of ether oxygens (including phenoxy) is 1. The van der Waals surface area contributed by atoms with Crippen LogP contribution in [0.25, 0.3) is 22.0 Å². The molecule has 0 unspecified atom stereocenters. The molecule has 1 aromatic heterocycles. The van der Waals surface area contributed by atoms with E-state index in [0.29, 0.717) is 0 Å². The molecule has 0 bridgehead atoms. The first kappa shape index (κ1) is 12.0. The number of aromatic nitrogens is 1. The van der Waals surface area contributed by atoms with Crippen LogP contribution in [0.2, 0.25) is 0 Å². The molecule has 0 aliphatic heterocycles. The number of thiazole rings is 1. The van der Waals surface area contributed by atoms with Crippen molar-refractivity contribution in [1.29, 1.82) is 0 Å². The number of aryl methyl sites for hydroxylation is 1. The highest BCUT2D eigenvalue weighted by Crippen LogP contribution is 2.37. The summed E-state index contributed by atoms with van der Waals surface area (Å²) < 4.78 is 5.40. The molecule has 0 aliphatic rings. The molecule has 2 N–H and O–H groups in total. The maximum atomic E-state index is 6.06. The second-order valence-electron chi connectivity index (χ2n) is 4.31. The molecule has 4 heteroatoms. The van der Waals surface area contributed by atoms with E-state index in [0.717, 1.165) is 37.8 Å². The third kappa shape index (κ3) is 1.94. The number of hydrogen-bond donors (Lipinski definition) is 1. The molecule has 1 heterocycles. The molecular formula is C15H14N2OS. The van der Waals surface area contributed by atoms with Crippen LogP contribution in [0.5, 0.6) is 5.75 Å². The fraction of sp³-hybridized carbons (Fsp3) is 0.133. The summed E-state index contributed by atoms with van der Waals surface area (Å²) in [5.74, 6) is 0.866. The largest absolute Gasteiger partial charge is 0.496 e. The van der Waals surface area contributed by atoms with Crippen LogP contribution in [0.4, 0.5) is 5.00 Å². The highest BCUT2D eigenvalue weighted by atomic mass is 32.1. The van der Waals surface area contributed by atoms with Crippen molar-refractivity contribution in [3.05, 3.63) is 41.4 Å². The lowest BCUT2D eigenvalue weighted by Crippen LogP contribution is -1.90. The van der Waals surface area contributed by atoms with Crippen LogP contribution in [0.15, 0.2) is 36.4 Å². The van der Waals surface area contributed by atoms with E-state index in [2.05, 4.69) is 11.1 Å². The van der Waals surface area contributed by atoms with E-state index in [-0.39, 0.29) is 0 Å². The number of nitrogen functional groups attached to an aromatic ring is 1. The zero-order valence-corrected chi connectivity index (χ0v) is 11.6. The number of nitrogens with two attached hydrogens (primary N) is 1. The van der Waals surface area contributed by atoms with Crippen LogP contribution < -0.4 is 10.5 Å². The van der Waals surface area contributed by atoms with Crippen molar-refractivity contribution < 1.29 is 4.74 Å². The Morgan fingerprint density at radius 1 is 1.11 bits per heavy atom. The van der Waals surface area contributed by atoms with Gasteiger partial charge in [-0.1, -0.05) is 24.3 Å². The molecule has 3 aromatic rings. The van der Waals surface area contributed by atoms with E-state index >= 15 is 0 Å². The molecule has 3 rings (SSSR count). The first-order valence-corrected chi connectivity index (χ1v) is 6.81. The monoisotopic (exact) mass is 270 g/mol. The van der Waals surface area contributed by atoms with Gasteiger partial charge in [0.1, 0.15) is 16.4 Å². The summed E-state index contributed by atoms with van der Waals surface area (Å²) in [5, 5.41) is 3.92. The van der Waals surface area contributed by atoms with E-state index in [1.807, 2.05) is 37.3 Å². The van der Waals surface area contributed by atoms with Gasteiger partial charge in [-0.05, 0) is 24.4 Å². The van der Waals surface area contributed by atoms with Crippen LogP contribution in [0.3, 0.4) is 0 Å². The van der Waals surface area contributed by atoms with Gasteiger partial charge in [0, 0.05) is 10.9 Å². The minimum Gasteiger partial charge on any atom is -0.496 e. The van der Waals surface area contributed by atoms with Crippen LogP contribution in [0.1, 0.15) is 5.01 Å². The van der Waals surface area contributed by atoms with E-state index in [1.54, 1.807) is 7.11 Å². The molecule has 0 aliphatic carbocycles. The van der Waals surface area contributed by atoms with Gasteiger partial charge in [-0.2, -0.15) is 0 Å². The summed E-state index contributed by atoms with van der Waals surface area (Å²) in [7, 11) is 1.68. The van der Waals surface area contributed by atoms with Gasteiger partial charge in [0.2, 0.25) is 0 Å². The van der Waals surface area contributed by atoms with Crippen molar-refractivity contribution in [3.8, 4) is 17.0 Å². The molecule has 0 atom stereocenters. The molecular weight excluding hydrogens is 256 g/mol. The van der Waals surface area contributed by atoms with E-state index < -0.39 is 0 Å². The van der Waals surface area contributed by atoms with E-state index in [1.165, 1.54) is 11.3 Å². The van der Waals surface area contributed by atoms with Gasteiger partial charge in [-0.15, -0.1) is 11.3 Å². The molecule has 0 fully saturated rings. The minimum absolute atomic E-state index is 0.757. The molecule has 96 valence electrons. The predicted octanol–water partition coefficient (Wildman–Crippen LogP) is 3.86. The summed E-state index contributed by atoms with van der Waals surface area (Å²) in [6.45, 7) is 1.97. The lowest BCUT2D eigenvalue weighted by atomic mass is 10.0. The molecule has 3 nitrogen and oxygen atoms in total. The lowest BCUT2D eigenvalue weighted by Gasteiger charge is -2.09. The third-order valence-electron chi connectivity index (χ3n) is 3.12. The Labute approximate surface area is 115 Å². The molecule has 19 heavy (non-hydrogen) atoms. The first-order valence-electron chi connectivity index (χ1n) is 5.99. The number of methoxy groups -OCH3 is 1. The van der Waals surface area contributed by atoms with Gasteiger partial charge in [0.15, 0.2) is 0 Å². The van der Waals surface area contributed by atoms with Crippen LogP contribution in [-0.4, -0.2) is 12.1 Å². The molecule has 0 spiro atoms. The third-order valence-corrected chi connectivity index (χ3v) is 3.92. The molecule has 0 saturated heterocycles. The number of hydrogen-bond acceptors (Lipinski definition) is 4. The van der Waals surface area contributed by atoms with Crippen molar-refractivity contribution in [2.24, 2.45) is 0 Å². The van der Waals surface area contributed by atoms with Crippen LogP contribution >= 0.6 is 11.3 Å².